The molecule has 0 aromatic heterocycles. The molecule has 7 aromatic rings. The fourth-order valence-corrected chi connectivity index (χ4v) is 10.2. The Labute approximate surface area is 293 Å². The topological polar surface area (TPSA) is 3.24 Å². The van der Waals surface area contributed by atoms with Crippen molar-refractivity contribution in [2.45, 2.75) is 50.2 Å². The Morgan fingerprint density at radius 2 is 0.898 bits per heavy atom. The lowest BCUT2D eigenvalue weighted by molar-refractivity contribution is 0.588. The molecule has 0 spiro atoms. The summed E-state index contributed by atoms with van der Waals surface area (Å²) in [5.74, 6) is 0. The number of thioether (sulfide) groups is 1. The molecule has 1 nitrogen and oxygen atoms in total. The summed E-state index contributed by atoms with van der Waals surface area (Å²) < 4.78 is -0.193. The summed E-state index contributed by atoms with van der Waals surface area (Å²) in [4.78, 5) is 2.66. The summed E-state index contributed by atoms with van der Waals surface area (Å²) in [6.07, 6.45) is 2.29. The van der Waals surface area contributed by atoms with Crippen LogP contribution in [0.3, 0.4) is 0 Å². The smallest absolute Gasteiger partial charge is 0.0667 e. The third-order valence-corrected chi connectivity index (χ3v) is 13.5. The molecule has 2 heteroatoms. The maximum atomic E-state index is 2.66. The Balaban J connectivity index is 1.20. The largest absolute Gasteiger partial charge is 0.309 e. The van der Waals surface area contributed by atoms with Gasteiger partial charge < -0.3 is 4.90 Å². The first-order chi connectivity index (χ1) is 23.6. The van der Waals surface area contributed by atoms with E-state index in [0.717, 1.165) is 0 Å². The van der Waals surface area contributed by atoms with Crippen molar-refractivity contribution in [1.82, 2.24) is 0 Å². The lowest BCUT2D eigenvalue weighted by Gasteiger charge is -2.55. The highest BCUT2D eigenvalue weighted by atomic mass is 32.2. The van der Waals surface area contributed by atoms with Gasteiger partial charge in [0.1, 0.15) is 0 Å². The monoisotopic (exact) mass is 649 g/mol. The summed E-state index contributed by atoms with van der Waals surface area (Å²) >= 11 is 1.97. The summed E-state index contributed by atoms with van der Waals surface area (Å²) in [5, 5.41) is 5.15. The Morgan fingerprint density at radius 3 is 1.49 bits per heavy atom. The molecule has 3 aliphatic heterocycles. The van der Waals surface area contributed by atoms with Crippen LogP contribution in [0.2, 0.25) is 0 Å². The minimum absolute atomic E-state index is 0.0874. The zero-order valence-electron chi connectivity index (χ0n) is 29.0. The van der Waals surface area contributed by atoms with Gasteiger partial charge in [0.05, 0.1) is 21.8 Å². The van der Waals surface area contributed by atoms with Crippen molar-refractivity contribution >= 4 is 50.4 Å². The first-order valence-electron chi connectivity index (χ1n) is 17.5. The average molecular weight is 650 g/mol. The molecule has 10 rings (SSSR count). The summed E-state index contributed by atoms with van der Waals surface area (Å²) in [6.45, 7) is 12.2. The van der Waals surface area contributed by atoms with Crippen molar-refractivity contribution < 1.29 is 0 Å². The summed E-state index contributed by atoms with van der Waals surface area (Å²) in [7, 11) is 0. The Kier molecular flexibility index (Phi) is 5.76. The summed E-state index contributed by atoms with van der Waals surface area (Å²) in [6, 6.07) is 48.4. The number of rotatable bonds is 3. The van der Waals surface area contributed by atoms with Gasteiger partial charge in [-0.25, -0.2) is 0 Å². The molecule has 0 saturated carbocycles. The molecule has 7 aromatic carbocycles. The molecule has 3 aliphatic rings. The van der Waals surface area contributed by atoms with Crippen LogP contribution in [-0.2, 0) is 15.6 Å². The molecular formula is C47H39NS. The number of anilines is 3. The van der Waals surface area contributed by atoms with Crippen molar-refractivity contribution in [2.24, 2.45) is 0 Å². The maximum absolute atomic E-state index is 2.66. The van der Waals surface area contributed by atoms with Crippen LogP contribution < -0.4 is 4.90 Å². The maximum Gasteiger partial charge on any atom is 0.0667 e. The number of nitrogens with zero attached hydrogens (tertiary/aromatic N) is 1. The number of fused-ring (bicyclic) bond motifs is 3. The fraction of sp³-hybridized carbons (Fsp3) is 0.191. The van der Waals surface area contributed by atoms with Crippen LogP contribution >= 0.6 is 11.8 Å². The van der Waals surface area contributed by atoms with Gasteiger partial charge in [0.15, 0.2) is 0 Å². The number of benzene rings is 7. The predicted octanol–water partition coefficient (Wildman–Crippen LogP) is 13.0. The average Bonchev–Trinajstić information content (AvgIpc) is 3.13. The molecule has 3 heterocycles. The lowest BCUT2D eigenvalue weighted by atomic mass is 9.63. The molecule has 0 aliphatic carbocycles. The minimum atomic E-state index is -0.193. The molecule has 0 N–H and O–H groups in total. The zero-order valence-corrected chi connectivity index (χ0v) is 29.8. The van der Waals surface area contributed by atoms with E-state index < -0.39 is 0 Å². The van der Waals surface area contributed by atoms with Crippen LogP contribution in [0.4, 0.5) is 17.1 Å². The molecule has 49 heavy (non-hydrogen) atoms. The molecule has 1 atom stereocenters. The second-order valence-electron chi connectivity index (χ2n) is 15.4. The third kappa shape index (κ3) is 3.68. The van der Waals surface area contributed by atoms with Crippen LogP contribution in [0.1, 0.15) is 68.0 Å². The quantitative estimate of drug-likeness (QED) is 0.175. The van der Waals surface area contributed by atoms with E-state index in [1.807, 2.05) is 11.8 Å². The normalized spacial score (nSPS) is 18.9. The van der Waals surface area contributed by atoms with Crippen molar-refractivity contribution in [3.8, 4) is 22.3 Å². The van der Waals surface area contributed by atoms with Gasteiger partial charge in [0, 0.05) is 10.8 Å². The molecule has 1 unspecified atom stereocenters. The zero-order chi connectivity index (χ0) is 33.4. The number of para-hydroxylation sites is 2. The Hall–Kier alpha value is -4.79. The Bertz CT molecular complexity index is 2560. The van der Waals surface area contributed by atoms with Crippen LogP contribution in [0, 0.1) is 0 Å². The third-order valence-electron chi connectivity index (χ3n) is 12.3. The molecule has 0 fully saturated rings. The van der Waals surface area contributed by atoms with Crippen LogP contribution in [-0.4, -0.2) is 6.26 Å². The Morgan fingerprint density at radius 1 is 0.408 bits per heavy atom. The lowest BCUT2D eigenvalue weighted by Crippen LogP contribution is -2.43. The minimum Gasteiger partial charge on any atom is -0.309 e. The van der Waals surface area contributed by atoms with Gasteiger partial charge in [-0.1, -0.05) is 131 Å². The highest BCUT2D eigenvalue weighted by Gasteiger charge is 2.52. The molecule has 0 bridgehead atoms. The predicted molar refractivity (Wildman–Crippen MR) is 211 cm³/mol. The molecule has 0 amide bonds. The molecule has 0 radical (unpaired) electrons. The molecule has 0 saturated heterocycles. The highest BCUT2D eigenvalue weighted by Crippen LogP contribution is 2.67. The van der Waals surface area contributed by atoms with E-state index in [1.54, 1.807) is 0 Å². The standard InChI is InChI=1S/C47H39NS/c1-45(2)36-14-10-15-37-42(36)48-43-38(45)16-11-17-39(43)47(5,49-6)41-27-33(26-40(44(41)48)46(37,3)4)30-21-23-35-32(25-30)19-18-31-24-29(20-22-34(31)35)28-12-8-7-9-13-28/h7-27H,1-6H3. The van der Waals surface area contributed by atoms with E-state index in [1.165, 1.54) is 94.2 Å². The molecule has 238 valence electrons. The second kappa shape index (κ2) is 9.67. The van der Waals surface area contributed by atoms with Gasteiger partial charge >= 0.3 is 0 Å². The second-order valence-corrected chi connectivity index (χ2v) is 16.7. The van der Waals surface area contributed by atoms with Gasteiger partial charge in [0.25, 0.3) is 0 Å². The van der Waals surface area contributed by atoms with Crippen molar-refractivity contribution in [2.75, 3.05) is 11.2 Å². The van der Waals surface area contributed by atoms with E-state index in [2.05, 4.69) is 173 Å². The van der Waals surface area contributed by atoms with E-state index in [4.69, 9.17) is 0 Å². The van der Waals surface area contributed by atoms with E-state index >= 15 is 0 Å². The first kappa shape index (κ1) is 29.2. The number of hydrogen-bond acceptors (Lipinski definition) is 2. The van der Waals surface area contributed by atoms with Crippen molar-refractivity contribution in [3.63, 3.8) is 0 Å². The van der Waals surface area contributed by atoms with Gasteiger partial charge in [-0.3, -0.25) is 0 Å². The van der Waals surface area contributed by atoms with E-state index in [0.29, 0.717) is 0 Å². The van der Waals surface area contributed by atoms with Crippen LogP contribution in [0.15, 0.2) is 127 Å². The number of hydrogen-bond donors (Lipinski definition) is 0. The highest BCUT2D eigenvalue weighted by molar-refractivity contribution is 7.99. The van der Waals surface area contributed by atoms with E-state index in [-0.39, 0.29) is 15.6 Å². The summed E-state index contributed by atoms with van der Waals surface area (Å²) in [5.41, 5.74) is 17.5. The van der Waals surface area contributed by atoms with Gasteiger partial charge in [-0.15, -0.1) is 11.8 Å². The SMILES string of the molecule is CSC1(C)c2cccc3c2N2c4c(cccc4C(C)(C)c4cc(-c5ccc6c(ccc7cc(-c8ccccc8)ccc76)c5)cc1c42)C3(C)C. The van der Waals surface area contributed by atoms with Crippen molar-refractivity contribution in [3.05, 3.63) is 161 Å². The first-order valence-corrected chi connectivity index (χ1v) is 18.7. The van der Waals surface area contributed by atoms with Crippen LogP contribution in [0.5, 0.6) is 0 Å². The van der Waals surface area contributed by atoms with Crippen molar-refractivity contribution in [1.29, 1.82) is 0 Å². The molecular weight excluding hydrogens is 611 g/mol. The van der Waals surface area contributed by atoms with Crippen LogP contribution in [0.25, 0.3) is 43.8 Å². The van der Waals surface area contributed by atoms with Gasteiger partial charge in [-0.2, -0.15) is 0 Å². The van der Waals surface area contributed by atoms with E-state index in [9.17, 15) is 0 Å². The fourth-order valence-electron chi connectivity index (χ4n) is 9.40. The van der Waals surface area contributed by atoms with Gasteiger partial charge in [-0.05, 0) is 115 Å². The van der Waals surface area contributed by atoms with Gasteiger partial charge in [0.2, 0.25) is 0 Å².